The molecule has 1 saturated heterocycles. The number of nitrogens with two attached hydrogens (primary N) is 1. The van der Waals surface area contributed by atoms with Gasteiger partial charge in [-0.05, 0) is 37.6 Å². The minimum atomic E-state index is 0.0709. The highest BCUT2D eigenvalue weighted by molar-refractivity contribution is 5.74. The lowest BCUT2D eigenvalue weighted by Gasteiger charge is -2.31. The van der Waals surface area contributed by atoms with Gasteiger partial charge >= 0.3 is 6.03 Å². The number of nitrogens with one attached hydrogen (secondary N) is 1. The van der Waals surface area contributed by atoms with Crippen LogP contribution in [0, 0.1) is 5.41 Å². The lowest BCUT2D eigenvalue weighted by molar-refractivity contribution is 0.187. The average molecular weight is 255 g/mol. The average Bonchev–Trinajstić information content (AvgIpc) is 2.69. The molecule has 3 N–H and O–H groups in total. The van der Waals surface area contributed by atoms with Gasteiger partial charge in [0.1, 0.15) is 0 Å². The molecule has 0 unspecified atom stereocenters. The molecular formula is C14H29N3O. The normalized spacial score (nSPS) is 17.4. The number of carbonyl (C=O) groups excluding carboxylic acids is 1. The van der Waals surface area contributed by atoms with Crippen LogP contribution >= 0.6 is 0 Å². The zero-order valence-corrected chi connectivity index (χ0v) is 12.0. The fourth-order valence-electron chi connectivity index (χ4n) is 2.51. The van der Waals surface area contributed by atoms with Crippen molar-refractivity contribution in [3.63, 3.8) is 0 Å². The van der Waals surface area contributed by atoms with Crippen LogP contribution in [-0.2, 0) is 0 Å². The molecule has 0 bridgehead atoms. The maximum Gasteiger partial charge on any atom is 0.317 e. The Balaban J connectivity index is 2.43. The van der Waals surface area contributed by atoms with Gasteiger partial charge in [0.2, 0.25) is 0 Å². The van der Waals surface area contributed by atoms with E-state index in [4.69, 9.17) is 5.73 Å². The summed E-state index contributed by atoms with van der Waals surface area (Å²) in [5, 5.41) is 3.08. The van der Waals surface area contributed by atoms with E-state index in [-0.39, 0.29) is 11.4 Å². The van der Waals surface area contributed by atoms with Crippen LogP contribution in [0.5, 0.6) is 0 Å². The lowest BCUT2D eigenvalue weighted by Crippen LogP contribution is -2.47. The Bertz CT molecular complexity index is 235. The summed E-state index contributed by atoms with van der Waals surface area (Å²) in [7, 11) is 0. The van der Waals surface area contributed by atoms with E-state index in [2.05, 4.69) is 19.2 Å². The van der Waals surface area contributed by atoms with Gasteiger partial charge in [-0.1, -0.05) is 26.7 Å². The van der Waals surface area contributed by atoms with E-state index in [1.807, 2.05) is 4.90 Å². The summed E-state index contributed by atoms with van der Waals surface area (Å²) in [6.45, 7) is 7.44. The topological polar surface area (TPSA) is 58.4 Å². The molecule has 0 saturated carbocycles. The third-order valence-corrected chi connectivity index (χ3v) is 4.44. The Morgan fingerprint density at radius 1 is 1.17 bits per heavy atom. The van der Waals surface area contributed by atoms with E-state index in [1.165, 1.54) is 12.8 Å². The van der Waals surface area contributed by atoms with Gasteiger partial charge < -0.3 is 16.0 Å². The van der Waals surface area contributed by atoms with Crippen molar-refractivity contribution in [2.75, 3.05) is 26.2 Å². The highest BCUT2D eigenvalue weighted by Crippen LogP contribution is 2.23. The zero-order chi connectivity index (χ0) is 13.4. The third-order valence-electron chi connectivity index (χ3n) is 4.44. The Morgan fingerprint density at radius 3 is 2.17 bits per heavy atom. The molecule has 18 heavy (non-hydrogen) atoms. The van der Waals surface area contributed by atoms with Gasteiger partial charge in [0.25, 0.3) is 0 Å². The molecule has 106 valence electrons. The molecule has 1 aliphatic rings. The fourth-order valence-corrected chi connectivity index (χ4v) is 2.51. The zero-order valence-electron chi connectivity index (χ0n) is 12.0. The van der Waals surface area contributed by atoms with Crippen LogP contribution in [0.4, 0.5) is 4.79 Å². The van der Waals surface area contributed by atoms with Crippen molar-refractivity contribution >= 4 is 6.03 Å². The number of carbonyl (C=O) groups is 1. The molecule has 4 nitrogen and oxygen atoms in total. The van der Waals surface area contributed by atoms with E-state index in [9.17, 15) is 4.79 Å². The number of hydrogen-bond donors (Lipinski definition) is 2. The monoisotopic (exact) mass is 255 g/mol. The van der Waals surface area contributed by atoms with Crippen molar-refractivity contribution < 1.29 is 4.79 Å². The van der Waals surface area contributed by atoms with E-state index in [0.717, 1.165) is 38.8 Å². The van der Waals surface area contributed by atoms with Crippen LogP contribution in [0.2, 0.25) is 0 Å². The first-order valence-electron chi connectivity index (χ1n) is 7.40. The van der Waals surface area contributed by atoms with Crippen LogP contribution in [0.1, 0.15) is 52.4 Å². The maximum atomic E-state index is 12.1. The summed E-state index contributed by atoms with van der Waals surface area (Å²) in [6.07, 6.45) is 6.80. The highest BCUT2D eigenvalue weighted by atomic mass is 16.2. The molecule has 1 heterocycles. The third kappa shape index (κ3) is 4.16. The van der Waals surface area contributed by atoms with Gasteiger partial charge in [-0.15, -0.1) is 0 Å². The van der Waals surface area contributed by atoms with Crippen LogP contribution in [0.25, 0.3) is 0 Å². The second-order valence-corrected chi connectivity index (χ2v) is 5.47. The minimum absolute atomic E-state index is 0.0709. The predicted molar refractivity (Wildman–Crippen MR) is 75.5 cm³/mol. The van der Waals surface area contributed by atoms with Gasteiger partial charge in [-0.3, -0.25) is 0 Å². The van der Waals surface area contributed by atoms with Crippen molar-refractivity contribution in [1.29, 1.82) is 0 Å². The van der Waals surface area contributed by atoms with Gasteiger partial charge in [0, 0.05) is 19.6 Å². The predicted octanol–water partition coefficient (Wildman–Crippen LogP) is 2.34. The fraction of sp³-hybridized carbons (Fsp3) is 0.929. The molecule has 1 fully saturated rings. The Morgan fingerprint density at radius 2 is 1.72 bits per heavy atom. The van der Waals surface area contributed by atoms with Crippen molar-refractivity contribution in [2.24, 2.45) is 11.1 Å². The SMILES string of the molecule is CCC(CC)(CN)CNC(=O)N1CCCCCC1. The van der Waals surface area contributed by atoms with E-state index >= 15 is 0 Å². The summed E-state index contributed by atoms with van der Waals surface area (Å²) in [5.41, 5.74) is 5.92. The van der Waals surface area contributed by atoms with Crippen LogP contribution in [0.3, 0.4) is 0 Å². The lowest BCUT2D eigenvalue weighted by atomic mass is 9.82. The molecule has 4 heteroatoms. The van der Waals surface area contributed by atoms with Crippen molar-refractivity contribution in [3.8, 4) is 0 Å². The molecule has 1 rings (SSSR count). The molecule has 0 aromatic carbocycles. The number of nitrogens with zero attached hydrogens (tertiary/aromatic N) is 1. The van der Waals surface area contributed by atoms with Gasteiger partial charge in [0.05, 0.1) is 0 Å². The summed E-state index contributed by atoms with van der Waals surface area (Å²) in [4.78, 5) is 14.1. The quantitative estimate of drug-likeness (QED) is 0.792. The van der Waals surface area contributed by atoms with Crippen LogP contribution in [0.15, 0.2) is 0 Å². The standard InChI is InChI=1S/C14H29N3O/c1-3-14(4-2,11-15)12-16-13(18)17-9-7-5-6-8-10-17/h3-12,15H2,1-2H3,(H,16,18). The van der Waals surface area contributed by atoms with E-state index < -0.39 is 0 Å². The number of likely N-dealkylation sites (tertiary alicyclic amines) is 1. The maximum absolute atomic E-state index is 12.1. The largest absolute Gasteiger partial charge is 0.337 e. The second-order valence-electron chi connectivity index (χ2n) is 5.47. The van der Waals surface area contributed by atoms with Crippen molar-refractivity contribution in [1.82, 2.24) is 10.2 Å². The minimum Gasteiger partial charge on any atom is -0.337 e. The summed E-state index contributed by atoms with van der Waals surface area (Å²) < 4.78 is 0. The molecule has 0 aliphatic carbocycles. The van der Waals surface area contributed by atoms with E-state index in [1.54, 1.807) is 0 Å². The summed E-state index contributed by atoms with van der Waals surface area (Å²) in [5.74, 6) is 0. The molecule has 0 radical (unpaired) electrons. The smallest absolute Gasteiger partial charge is 0.317 e. The Hall–Kier alpha value is -0.770. The first kappa shape index (κ1) is 15.3. The molecule has 0 aromatic heterocycles. The number of amides is 2. The first-order chi connectivity index (χ1) is 8.67. The summed E-state index contributed by atoms with van der Waals surface area (Å²) in [6, 6.07) is 0.0941. The first-order valence-corrected chi connectivity index (χ1v) is 7.40. The molecule has 0 spiro atoms. The van der Waals surface area contributed by atoms with Crippen LogP contribution < -0.4 is 11.1 Å². The van der Waals surface area contributed by atoms with Crippen molar-refractivity contribution in [2.45, 2.75) is 52.4 Å². The molecular weight excluding hydrogens is 226 g/mol. The van der Waals surface area contributed by atoms with Gasteiger partial charge in [-0.2, -0.15) is 0 Å². The van der Waals surface area contributed by atoms with Gasteiger partial charge in [0.15, 0.2) is 0 Å². The molecule has 1 aliphatic heterocycles. The summed E-state index contributed by atoms with van der Waals surface area (Å²) >= 11 is 0. The van der Waals surface area contributed by atoms with E-state index in [0.29, 0.717) is 13.1 Å². The number of hydrogen-bond acceptors (Lipinski definition) is 2. The highest BCUT2D eigenvalue weighted by Gasteiger charge is 2.26. The Labute approximate surface area is 111 Å². The van der Waals surface area contributed by atoms with Crippen molar-refractivity contribution in [3.05, 3.63) is 0 Å². The number of rotatable bonds is 5. The molecule has 0 aromatic rings. The van der Waals surface area contributed by atoms with Crippen LogP contribution in [-0.4, -0.2) is 37.1 Å². The molecule has 2 amide bonds. The Kier molecular flexibility index (Phi) is 6.47. The molecule has 0 atom stereocenters. The second kappa shape index (κ2) is 7.62. The van der Waals surface area contributed by atoms with Gasteiger partial charge in [-0.25, -0.2) is 4.79 Å². The number of urea groups is 1.